The van der Waals surface area contributed by atoms with Crippen LogP contribution in [0.2, 0.25) is 0 Å². The highest BCUT2D eigenvalue weighted by atomic mass is 16.5. The van der Waals surface area contributed by atoms with Crippen LogP contribution >= 0.6 is 0 Å². The Morgan fingerprint density at radius 3 is 2.76 bits per heavy atom. The fourth-order valence-electron chi connectivity index (χ4n) is 4.66. The van der Waals surface area contributed by atoms with Gasteiger partial charge in [0, 0.05) is 55.6 Å². The molecule has 1 atom stereocenters. The topological polar surface area (TPSA) is 82.7 Å². The molecule has 2 fully saturated rings. The first-order valence-corrected chi connectivity index (χ1v) is 10.2. The van der Waals surface area contributed by atoms with Crippen molar-refractivity contribution in [1.29, 1.82) is 0 Å². The van der Waals surface area contributed by atoms with E-state index in [1.165, 1.54) is 26.1 Å². The van der Waals surface area contributed by atoms with Crippen molar-refractivity contribution in [3.8, 4) is 5.75 Å². The number of likely N-dealkylation sites (tertiary alicyclic amines) is 1. The van der Waals surface area contributed by atoms with E-state index in [1.807, 2.05) is 4.90 Å². The lowest BCUT2D eigenvalue weighted by atomic mass is 10.1. The molecular formula is C22H27N3O4. The smallest absolute Gasteiger partial charge is 0.259 e. The third-order valence-corrected chi connectivity index (χ3v) is 6.20. The maximum atomic E-state index is 12.9. The van der Waals surface area contributed by atoms with Gasteiger partial charge in [-0.05, 0) is 31.0 Å². The van der Waals surface area contributed by atoms with Crippen LogP contribution in [0.25, 0.3) is 10.9 Å². The van der Waals surface area contributed by atoms with Crippen LogP contribution in [0.5, 0.6) is 5.75 Å². The van der Waals surface area contributed by atoms with Crippen molar-refractivity contribution in [1.82, 2.24) is 14.8 Å². The van der Waals surface area contributed by atoms with E-state index >= 15 is 0 Å². The Kier molecular flexibility index (Phi) is 5.30. The van der Waals surface area contributed by atoms with Gasteiger partial charge < -0.3 is 19.5 Å². The number of carbonyl (C=O) groups is 2. The molecule has 29 heavy (non-hydrogen) atoms. The molecule has 7 heteroatoms. The maximum absolute atomic E-state index is 12.9. The first-order valence-electron chi connectivity index (χ1n) is 10.2. The number of rotatable bonds is 5. The zero-order valence-corrected chi connectivity index (χ0v) is 16.9. The predicted molar refractivity (Wildman–Crippen MR) is 110 cm³/mol. The van der Waals surface area contributed by atoms with Gasteiger partial charge in [0.05, 0.1) is 7.11 Å². The molecule has 2 aromatic rings. The molecule has 1 saturated heterocycles. The minimum absolute atomic E-state index is 0.102. The number of pyridine rings is 1. The molecule has 1 aromatic heterocycles. The van der Waals surface area contributed by atoms with E-state index in [0.717, 1.165) is 12.8 Å². The number of amides is 2. The van der Waals surface area contributed by atoms with E-state index in [-0.39, 0.29) is 28.7 Å². The number of aromatic nitrogens is 1. The third-order valence-electron chi connectivity index (χ3n) is 6.20. The average Bonchev–Trinajstić information content (AvgIpc) is 3.37. The molecule has 0 bridgehead atoms. The molecule has 0 radical (unpaired) electrons. The number of carbonyl (C=O) groups excluding carboxylic acids is 2. The summed E-state index contributed by atoms with van der Waals surface area (Å²) in [7, 11) is 3.23. The number of methoxy groups -OCH3 is 1. The fraction of sp³-hybridized carbons (Fsp3) is 0.500. The van der Waals surface area contributed by atoms with E-state index in [9.17, 15) is 14.4 Å². The monoisotopic (exact) mass is 397 g/mol. The van der Waals surface area contributed by atoms with Gasteiger partial charge in [-0.3, -0.25) is 14.4 Å². The molecular weight excluding hydrogens is 370 g/mol. The van der Waals surface area contributed by atoms with Crippen LogP contribution in [0, 0.1) is 5.92 Å². The molecule has 7 nitrogen and oxygen atoms in total. The number of H-pyrrole nitrogens is 1. The van der Waals surface area contributed by atoms with E-state index in [1.54, 1.807) is 30.1 Å². The number of aromatic amines is 1. The molecule has 2 aliphatic rings. The van der Waals surface area contributed by atoms with Gasteiger partial charge in [0.1, 0.15) is 11.3 Å². The Balaban J connectivity index is 1.49. The number of hydrogen-bond acceptors (Lipinski definition) is 4. The van der Waals surface area contributed by atoms with Gasteiger partial charge >= 0.3 is 0 Å². The SMILES string of the molecule is COc1ccc2[nH]cc(C(=O)N(C)CC3CC(=O)N(C4CCCC4)C3)c(=O)c2c1. The minimum atomic E-state index is -0.331. The minimum Gasteiger partial charge on any atom is -0.497 e. The number of nitrogens with one attached hydrogen (secondary N) is 1. The zero-order chi connectivity index (χ0) is 20.5. The van der Waals surface area contributed by atoms with Crippen molar-refractivity contribution >= 4 is 22.7 Å². The highest BCUT2D eigenvalue weighted by molar-refractivity contribution is 5.97. The molecule has 1 aliphatic carbocycles. The predicted octanol–water partition coefficient (Wildman–Crippen LogP) is 2.40. The van der Waals surface area contributed by atoms with Gasteiger partial charge in [-0.15, -0.1) is 0 Å². The second-order valence-corrected chi connectivity index (χ2v) is 8.18. The molecule has 0 spiro atoms. The van der Waals surface area contributed by atoms with Gasteiger partial charge in [-0.1, -0.05) is 12.8 Å². The largest absolute Gasteiger partial charge is 0.497 e. The lowest BCUT2D eigenvalue weighted by molar-refractivity contribution is -0.129. The Hall–Kier alpha value is -2.83. The molecule has 154 valence electrons. The highest BCUT2D eigenvalue weighted by Crippen LogP contribution is 2.29. The summed E-state index contributed by atoms with van der Waals surface area (Å²) in [5, 5.41) is 0.423. The summed E-state index contributed by atoms with van der Waals surface area (Å²) in [5.74, 6) is 0.537. The van der Waals surface area contributed by atoms with Crippen LogP contribution in [0.1, 0.15) is 42.5 Å². The number of ether oxygens (including phenoxy) is 1. The van der Waals surface area contributed by atoms with Crippen molar-refractivity contribution in [2.75, 3.05) is 27.2 Å². The molecule has 1 saturated carbocycles. The number of fused-ring (bicyclic) bond motifs is 1. The van der Waals surface area contributed by atoms with Crippen molar-refractivity contribution in [2.45, 2.75) is 38.1 Å². The Morgan fingerprint density at radius 1 is 1.28 bits per heavy atom. The van der Waals surface area contributed by atoms with Crippen LogP contribution in [-0.4, -0.2) is 59.9 Å². The van der Waals surface area contributed by atoms with Crippen LogP contribution in [0.15, 0.2) is 29.2 Å². The summed E-state index contributed by atoms with van der Waals surface area (Å²) < 4.78 is 5.19. The van der Waals surface area contributed by atoms with Crippen molar-refractivity contribution in [3.63, 3.8) is 0 Å². The maximum Gasteiger partial charge on any atom is 0.259 e. The molecule has 1 N–H and O–H groups in total. The number of hydrogen-bond donors (Lipinski definition) is 1. The molecule has 2 amide bonds. The van der Waals surface area contributed by atoms with E-state index in [2.05, 4.69) is 4.98 Å². The van der Waals surface area contributed by atoms with Crippen molar-refractivity contribution < 1.29 is 14.3 Å². The highest BCUT2D eigenvalue weighted by Gasteiger charge is 2.36. The summed E-state index contributed by atoms with van der Waals surface area (Å²) >= 11 is 0. The van der Waals surface area contributed by atoms with Crippen LogP contribution in [-0.2, 0) is 4.79 Å². The third kappa shape index (κ3) is 3.73. The Bertz CT molecular complexity index is 993. The van der Waals surface area contributed by atoms with Crippen LogP contribution < -0.4 is 10.2 Å². The summed E-state index contributed by atoms with van der Waals surface area (Å²) in [6.45, 7) is 1.16. The number of nitrogens with zero attached hydrogens (tertiary/aromatic N) is 2. The molecule has 4 rings (SSSR count). The van der Waals surface area contributed by atoms with E-state index in [4.69, 9.17) is 4.74 Å². The first kappa shape index (κ1) is 19.5. The van der Waals surface area contributed by atoms with Crippen molar-refractivity contribution in [2.24, 2.45) is 5.92 Å². The molecule has 1 aromatic carbocycles. The normalized spacial score (nSPS) is 19.9. The van der Waals surface area contributed by atoms with Crippen LogP contribution in [0.3, 0.4) is 0 Å². The van der Waals surface area contributed by atoms with Gasteiger partial charge in [-0.25, -0.2) is 0 Å². The van der Waals surface area contributed by atoms with Crippen LogP contribution in [0.4, 0.5) is 0 Å². The zero-order valence-electron chi connectivity index (χ0n) is 16.9. The Labute approximate surface area is 169 Å². The van der Waals surface area contributed by atoms with E-state index < -0.39 is 0 Å². The van der Waals surface area contributed by atoms with E-state index in [0.29, 0.717) is 42.2 Å². The van der Waals surface area contributed by atoms with Crippen molar-refractivity contribution in [3.05, 3.63) is 40.2 Å². The molecule has 1 unspecified atom stereocenters. The second-order valence-electron chi connectivity index (χ2n) is 8.18. The average molecular weight is 397 g/mol. The molecule has 1 aliphatic heterocycles. The summed E-state index contributed by atoms with van der Waals surface area (Å²) in [5.41, 5.74) is 0.443. The molecule has 2 heterocycles. The van der Waals surface area contributed by atoms with Gasteiger partial charge in [0.2, 0.25) is 11.3 Å². The quantitative estimate of drug-likeness (QED) is 0.840. The fourth-order valence-corrected chi connectivity index (χ4v) is 4.66. The van der Waals surface area contributed by atoms with Gasteiger partial charge in [-0.2, -0.15) is 0 Å². The van der Waals surface area contributed by atoms with Gasteiger partial charge in [0.25, 0.3) is 5.91 Å². The standard InChI is InChI=1S/C22H27N3O4/c1-24(12-14-9-20(26)25(13-14)15-5-3-4-6-15)22(28)18-11-23-19-8-7-16(29-2)10-17(19)21(18)27/h7-8,10-11,14-15H,3-6,9,12-13H2,1-2H3,(H,23,27). The summed E-state index contributed by atoms with van der Waals surface area (Å²) in [4.78, 5) is 44.8. The summed E-state index contributed by atoms with van der Waals surface area (Å²) in [6, 6.07) is 5.53. The Morgan fingerprint density at radius 2 is 2.03 bits per heavy atom. The lowest BCUT2D eigenvalue weighted by Crippen LogP contribution is -2.37. The number of benzene rings is 1. The first-order chi connectivity index (χ1) is 14.0. The lowest BCUT2D eigenvalue weighted by Gasteiger charge is -2.25. The summed E-state index contributed by atoms with van der Waals surface area (Å²) in [6.07, 6.45) is 6.49. The van der Waals surface area contributed by atoms with Gasteiger partial charge in [0.15, 0.2) is 0 Å². The second kappa shape index (κ2) is 7.89.